The van der Waals surface area contributed by atoms with Crippen LogP contribution < -0.4 is 5.32 Å². The Morgan fingerprint density at radius 3 is 2.53 bits per heavy atom. The van der Waals surface area contributed by atoms with E-state index in [-0.39, 0.29) is 24.8 Å². The Balaban J connectivity index is 1.67. The molecule has 0 radical (unpaired) electrons. The van der Waals surface area contributed by atoms with Gasteiger partial charge in [-0.25, -0.2) is 4.98 Å². The van der Waals surface area contributed by atoms with Crippen molar-refractivity contribution in [1.29, 1.82) is 0 Å². The van der Waals surface area contributed by atoms with Crippen molar-refractivity contribution >= 4 is 17.0 Å². The van der Waals surface area contributed by atoms with Crippen molar-refractivity contribution in [2.45, 2.75) is 64.0 Å². The molecule has 1 fully saturated rings. The number of nitrogens with one attached hydrogen (secondary N) is 1. The summed E-state index contributed by atoms with van der Waals surface area (Å²) in [5.74, 6) is 0.376. The van der Waals surface area contributed by atoms with E-state index in [1.54, 1.807) is 13.1 Å². The third kappa shape index (κ3) is 5.89. The van der Waals surface area contributed by atoms with Gasteiger partial charge in [-0.15, -0.1) is 0 Å². The van der Waals surface area contributed by atoms with Crippen molar-refractivity contribution in [1.82, 2.24) is 19.4 Å². The Kier molecular flexibility index (Phi) is 7.75. The number of fused-ring (bicyclic) bond motifs is 1. The van der Waals surface area contributed by atoms with E-state index in [2.05, 4.69) is 55.0 Å². The van der Waals surface area contributed by atoms with E-state index in [0.717, 1.165) is 54.4 Å². The highest BCUT2D eigenvalue weighted by molar-refractivity contribution is 5.94. The average molecular weight is 474 g/mol. The molecule has 1 atom stereocenters. The number of nitrogens with zero attached hydrogens (tertiary/aromatic N) is 4. The van der Waals surface area contributed by atoms with Crippen molar-refractivity contribution in [3.8, 4) is 11.1 Å². The minimum atomic E-state index is -2.81. The summed E-state index contributed by atoms with van der Waals surface area (Å²) in [6, 6.07) is 8.38. The average Bonchev–Trinajstić information content (AvgIpc) is 3.17. The molecule has 3 aromatic rings. The molecule has 7 nitrogen and oxygen atoms in total. The van der Waals surface area contributed by atoms with Gasteiger partial charge in [0.15, 0.2) is 0 Å². The Hall–Kier alpha value is -2.62. The summed E-state index contributed by atoms with van der Waals surface area (Å²) in [6.07, 6.45) is 6.95. The van der Waals surface area contributed by atoms with Gasteiger partial charge in [0.2, 0.25) is 5.95 Å². The van der Waals surface area contributed by atoms with Crippen LogP contribution >= 0.6 is 0 Å². The summed E-state index contributed by atoms with van der Waals surface area (Å²) >= 11 is 0. The molecule has 0 aliphatic heterocycles. The van der Waals surface area contributed by atoms with Crippen LogP contribution in [-0.4, -0.2) is 64.0 Å². The van der Waals surface area contributed by atoms with E-state index in [0.29, 0.717) is 5.95 Å². The van der Waals surface area contributed by atoms with E-state index in [4.69, 9.17) is 4.98 Å². The molecular weight excluding hydrogens is 440 g/mol. The van der Waals surface area contributed by atoms with Gasteiger partial charge in [0.05, 0.1) is 12.7 Å². The molecule has 34 heavy (non-hydrogen) atoms. The summed E-state index contributed by atoms with van der Waals surface area (Å²) in [6.45, 7) is -0.334. The number of ether oxygens (including phenoxy) is 1. The predicted octanol–water partition coefficient (Wildman–Crippen LogP) is 4.68. The molecular formula is C25H33F2N5O2. The summed E-state index contributed by atoms with van der Waals surface area (Å²) in [7, 11) is 4.10. The highest BCUT2D eigenvalue weighted by atomic mass is 19.3. The number of aromatic nitrogens is 3. The zero-order valence-corrected chi connectivity index (χ0v) is 19.9. The number of rotatable bonds is 9. The molecule has 2 aromatic heterocycles. The molecule has 1 aliphatic carbocycles. The fraction of sp³-hybridized carbons (Fsp3) is 0.520. The Morgan fingerprint density at radius 2 is 1.88 bits per heavy atom. The van der Waals surface area contributed by atoms with Crippen LogP contribution in [0, 0.1) is 0 Å². The Labute approximate surface area is 198 Å². The molecule has 0 bridgehead atoms. The van der Waals surface area contributed by atoms with Gasteiger partial charge >= 0.3 is 6.61 Å². The minimum Gasteiger partial charge on any atom is -0.393 e. The van der Waals surface area contributed by atoms with Gasteiger partial charge in [-0.1, -0.05) is 24.3 Å². The second kappa shape index (κ2) is 10.8. The van der Waals surface area contributed by atoms with Crippen molar-refractivity contribution < 1.29 is 18.6 Å². The zero-order valence-electron chi connectivity index (χ0n) is 19.9. The lowest BCUT2D eigenvalue weighted by Gasteiger charge is -2.27. The van der Waals surface area contributed by atoms with Gasteiger partial charge in [-0.2, -0.15) is 13.8 Å². The fourth-order valence-corrected chi connectivity index (χ4v) is 4.58. The number of anilines is 1. The number of hydrogen-bond acceptors (Lipinski definition) is 6. The van der Waals surface area contributed by atoms with Crippen molar-refractivity contribution in [3.05, 3.63) is 42.2 Å². The van der Waals surface area contributed by atoms with Crippen LogP contribution in [0.3, 0.4) is 0 Å². The topological polar surface area (TPSA) is 75.4 Å². The standard InChI is InChI=1S/C25H33F2N5O2/c1-16(15-34-24(26)27)29-25-28-12-21-22(18-6-4-17(5-7-18)13-31(2)3)14-32(23(21)30-25)19-8-10-20(33)11-9-19/h4-7,12,14,16,19-20,24,33H,8-11,13,15H2,1-3H3,(H,28,29,30). The lowest BCUT2D eigenvalue weighted by atomic mass is 9.93. The Morgan fingerprint density at radius 1 is 1.18 bits per heavy atom. The fourth-order valence-electron chi connectivity index (χ4n) is 4.58. The van der Waals surface area contributed by atoms with Crippen LogP contribution in [0.1, 0.15) is 44.2 Å². The second-order valence-electron chi connectivity index (χ2n) is 9.42. The van der Waals surface area contributed by atoms with E-state index in [1.165, 1.54) is 5.56 Å². The molecule has 184 valence electrons. The van der Waals surface area contributed by atoms with Crippen LogP contribution in [-0.2, 0) is 11.3 Å². The van der Waals surface area contributed by atoms with Gasteiger partial charge in [0, 0.05) is 42.0 Å². The van der Waals surface area contributed by atoms with Crippen LogP contribution in [0.5, 0.6) is 0 Å². The molecule has 0 spiro atoms. The van der Waals surface area contributed by atoms with E-state index < -0.39 is 6.61 Å². The third-order valence-corrected chi connectivity index (χ3v) is 6.24. The van der Waals surface area contributed by atoms with Gasteiger partial charge in [-0.05, 0) is 57.8 Å². The molecule has 2 heterocycles. The first kappa shape index (κ1) is 24.5. The molecule has 1 aliphatic rings. The molecule has 4 rings (SSSR count). The van der Waals surface area contributed by atoms with Crippen LogP contribution in [0.25, 0.3) is 22.2 Å². The number of aliphatic hydroxyl groups excluding tert-OH is 1. The van der Waals surface area contributed by atoms with Crippen LogP contribution in [0.15, 0.2) is 36.7 Å². The van der Waals surface area contributed by atoms with Gasteiger partial charge in [-0.3, -0.25) is 0 Å². The maximum atomic E-state index is 12.4. The summed E-state index contributed by atoms with van der Waals surface area (Å²) in [4.78, 5) is 11.4. The predicted molar refractivity (Wildman–Crippen MR) is 129 cm³/mol. The number of alkyl halides is 2. The molecule has 1 saturated carbocycles. The number of halogens is 2. The highest BCUT2D eigenvalue weighted by Gasteiger charge is 2.24. The van der Waals surface area contributed by atoms with Gasteiger partial charge in [0.25, 0.3) is 0 Å². The van der Waals surface area contributed by atoms with Crippen LogP contribution in [0.4, 0.5) is 14.7 Å². The van der Waals surface area contributed by atoms with Crippen molar-refractivity contribution in [3.63, 3.8) is 0 Å². The molecule has 1 unspecified atom stereocenters. The number of hydrogen-bond donors (Lipinski definition) is 2. The van der Waals surface area contributed by atoms with E-state index >= 15 is 0 Å². The largest absolute Gasteiger partial charge is 0.393 e. The van der Waals surface area contributed by atoms with Crippen molar-refractivity contribution in [2.75, 3.05) is 26.0 Å². The SMILES string of the molecule is CC(COC(F)F)Nc1ncc2c(-c3ccc(CN(C)C)cc3)cn(C3CCC(O)CC3)c2n1. The first-order valence-electron chi connectivity index (χ1n) is 11.8. The summed E-state index contributed by atoms with van der Waals surface area (Å²) in [5, 5.41) is 14.0. The second-order valence-corrected chi connectivity index (χ2v) is 9.42. The maximum Gasteiger partial charge on any atom is 0.345 e. The number of aliphatic hydroxyl groups is 1. The summed E-state index contributed by atoms with van der Waals surface area (Å²) in [5.41, 5.74) is 4.18. The smallest absolute Gasteiger partial charge is 0.345 e. The van der Waals surface area contributed by atoms with E-state index in [1.807, 2.05) is 14.1 Å². The molecule has 9 heteroatoms. The third-order valence-electron chi connectivity index (χ3n) is 6.24. The quantitative estimate of drug-likeness (QED) is 0.470. The summed E-state index contributed by atoms with van der Waals surface area (Å²) < 4.78 is 31.3. The molecule has 2 N–H and O–H groups in total. The maximum absolute atomic E-state index is 12.4. The van der Waals surface area contributed by atoms with Gasteiger partial charge in [0.1, 0.15) is 5.65 Å². The number of benzene rings is 1. The first-order valence-corrected chi connectivity index (χ1v) is 11.8. The van der Waals surface area contributed by atoms with Crippen LogP contribution in [0.2, 0.25) is 0 Å². The molecule has 0 amide bonds. The van der Waals surface area contributed by atoms with E-state index in [9.17, 15) is 13.9 Å². The molecule has 1 aromatic carbocycles. The lowest BCUT2D eigenvalue weighted by Crippen LogP contribution is -2.24. The monoisotopic (exact) mass is 473 g/mol. The Bertz CT molecular complexity index is 1080. The minimum absolute atomic E-state index is 0.148. The van der Waals surface area contributed by atoms with Crippen molar-refractivity contribution in [2.24, 2.45) is 0 Å². The normalized spacial score (nSPS) is 19.8. The lowest BCUT2D eigenvalue weighted by molar-refractivity contribution is -0.130. The highest BCUT2D eigenvalue weighted by Crippen LogP contribution is 2.36. The van der Waals surface area contributed by atoms with Gasteiger partial charge < -0.3 is 24.6 Å². The first-order chi connectivity index (χ1) is 16.3. The zero-order chi connectivity index (χ0) is 24.2. The molecule has 0 saturated heterocycles.